The van der Waals surface area contributed by atoms with E-state index < -0.39 is 9.84 Å². The monoisotopic (exact) mass is 281 g/mol. The molecule has 0 amide bonds. The van der Waals surface area contributed by atoms with Gasteiger partial charge >= 0.3 is 0 Å². The Morgan fingerprint density at radius 3 is 2.68 bits per heavy atom. The molecule has 0 bridgehead atoms. The fourth-order valence-corrected chi connectivity index (χ4v) is 5.40. The highest BCUT2D eigenvalue weighted by Crippen LogP contribution is 2.44. The van der Waals surface area contributed by atoms with Crippen molar-refractivity contribution in [3.63, 3.8) is 0 Å². The molecule has 0 saturated heterocycles. The van der Waals surface area contributed by atoms with E-state index in [4.69, 9.17) is 4.74 Å². The zero-order valence-electron chi connectivity index (χ0n) is 11.1. The SMILES string of the molecule is COc1ccc2c(c1)NCC1(CCCC1)CS2(=O)=O. The largest absolute Gasteiger partial charge is 0.497 e. The van der Waals surface area contributed by atoms with Gasteiger partial charge < -0.3 is 10.1 Å². The number of rotatable bonds is 1. The zero-order chi connectivity index (χ0) is 13.5. The summed E-state index contributed by atoms with van der Waals surface area (Å²) in [5, 5.41) is 3.33. The molecule has 104 valence electrons. The number of benzene rings is 1. The van der Waals surface area contributed by atoms with Gasteiger partial charge in [0.2, 0.25) is 0 Å². The van der Waals surface area contributed by atoms with E-state index in [0.29, 0.717) is 16.3 Å². The lowest BCUT2D eigenvalue weighted by Crippen LogP contribution is -2.31. The molecule has 19 heavy (non-hydrogen) atoms. The summed E-state index contributed by atoms with van der Waals surface area (Å²) < 4.78 is 30.3. The third-order valence-corrected chi connectivity index (χ3v) is 6.35. The average molecular weight is 281 g/mol. The molecule has 1 heterocycles. The van der Waals surface area contributed by atoms with E-state index in [1.54, 1.807) is 25.3 Å². The lowest BCUT2D eigenvalue weighted by molar-refractivity contribution is 0.365. The topological polar surface area (TPSA) is 55.4 Å². The first-order chi connectivity index (χ1) is 9.05. The Balaban J connectivity index is 2.05. The van der Waals surface area contributed by atoms with Gasteiger partial charge in [-0.05, 0) is 25.0 Å². The molecule has 0 unspecified atom stereocenters. The number of anilines is 1. The van der Waals surface area contributed by atoms with Gasteiger partial charge in [-0.3, -0.25) is 0 Å². The fraction of sp³-hybridized carbons (Fsp3) is 0.571. The molecule has 1 saturated carbocycles. The highest BCUT2D eigenvalue weighted by atomic mass is 32.2. The highest BCUT2D eigenvalue weighted by Gasteiger charge is 2.41. The second kappa shape index (κ2) is 4.40. The van der Waals surface area contributed by atoms with Crippen molar-refractivity contribution in [2.75, 3.05) is 24.7 Å². The van der Waals surface area contributed by atoms with Crippen LogP contribution < -0.4 is 10.1 Å². The van der Waals surface area contributed by atoms with E-state index in [1.165, 1.54) is 0 Å². The van der Waals surface area contributed by atoms with Crippen LogP contribution in [0.3, 0.4) is 0 Å². The van der Waals surface area contributed by atoms with Crippen molar-refractivity contribution in [3.8, 4) is 5.75 Å². The van der Waals surface area contributed by atoms with E-state index in [9.17, 15) is 8.42 Å². The minimum absolute atomic E-state index is 0.0783. The van der Waals surface area contributed by atoms with Crippen LogP contribution in [0.1, 0.15) is 25.7 Å². The first-order valence-electron chi connectivity index (χ1n) is 6.69. The molecule has 0 aromatic heterocycles. The molecule has 1 aliphatic heterocycles. The standard InChI is InChI=1S/C14H19NO3S/c1-18-11-4-5-13-12(8-11)15-9-14(6-2-3-7-14)10-19(13,16)17/h4-5,8,15H,2-3,6-7,9-10H2,1H3. The van der Waals surface area contributed by atoms with Gasteiger partial charge in [0.15, 0.2) is 9.84 Å². The van der Waals surface area contributed by atoms with Crippen molar-refractivity contribution >= 4 is 15.5 Å². The summed E-state index contributed by atoms with van der Waals surface area (Å²) in [7, 11) is -1.62. The summed E-state index contributed by atoms with van der Waals surface area (Å²) in [4.78, 5) is 0.414. The molecule has 1 fully saturated rings. The summed E-state index contributed by atoms with van der Waals surface area (Å²) in [5.41, 5.74) is 0.605. The van der Waals surface area contributed by atoms with Gasteiger partial charge in [-0.25, -0.2) is 8.42 Å². The third kappa shape index (κ3) is 2.20. The second-order valence-electron chi connectivity index (χ2n) is 5.68. The molecule has 1 aromatic rings. The quantitative estimate of drug-likeness (QED) is 0.859. The van der Waals surface area contributed by atoms with Crippen LogP contribution in [0.15, 0.2) is 23.1 Å². The van der Waals surface area contributed by atoms with E-state index >= 15 is 0 Å². The number of sulfone groups is 1. The maximum absolute atomic E-state index is 12.6. The molecule has 4 nitrogen and oxygen atoms in total. The predicted octanol–water partition coefficient (Wildman–Crippen LogP) is 2.45. The lowest BCUT2D eigenvalue weighted by Gasteiger charge is -2.26. The van der Waals surface area contributed by atoms with Crippen LogP contribution in [0.4, 0.5) is 5.69 Å². The van der Waals surface area contributed by atoms with Crippen LogP contribution >= 0.6 is 0 Å². The van der Waals surface area contributed by atoms with Crippen LogP contribution in [0.5, 0.6) is 5.75 Å². The van der Waals surface area contributed by atoms with Gasteiger partial charge in [-0.15, -0.1) is 0 Å². The van der Waals surface area contributed by atoms with Gasteiger partial charge in [0.05, 0.1) is 23.4 Å². The number of hydrogen-bond donors (Lipinski definition) is 1. The molecule has 3 rings (SSSR count). The van der Waals surface area contributed by atoms with E-state index in [2.05, 4.69) is 5.32 Å². The minimum atomic E-state index is -3.21. The summed E-state index contributed by atoms with van der Waals surface area (Å²) >= 11 is 0. The molecular formula is C14H19NO3S. The Labute approximate surface area is 114 Å². The molecule has 0 atom stereocenters. The van der Waals surface area contributed by atoms with Gasteiger partial charge in [-0.2, -0.15) is 0 Å². The normalized spacial score (nSPS) is 23.4. The van der Waals surface area contributed by atoms with Crippen LogP contribution in [0.25, 0.3) is 0 Å². The number of methoxy groups -OCH3 is 1. The van der Waals surface area contributed by atoms with Gasteiger partial charge in [0.1, 0.15) is 5.75 Å². The molecule has 5 heteroatoms. The van der Waals surface area contributed by atoms with Crippen LogP contribution in [-0.4, -0.2) is 27.8 Å². The number of ether oxygens (including phenoxy) is 1. The molecule has 2 aliphatic rings. The predicted molar refractivity (Wildman–Crippen MR) is 74.4 cm³/mol. The summed E-state index contributed by atoms with van der Waals surface area (Å²) in [5.74, 6) is 0.954. The Hall–Kier alpha value is -1.23. The van der Waals surface area contributed by atoms with Crippen LogP contribution in [-0.2, 0) is 9.84 Å². The van der Waals surface area contributed by atoms with Gasteiger partial charge in [-0.1, -0.05) is 12.8 Å². The molecular weight excluding hydrogens is 262 g/mol. The highest BCUT2D eigenvalue weighted by molar-refractivity contribution is 7.91. The van der Waals surface area contributed by atoms with Crippen molar-refractivity contribution in [1.82, 2.24) is 0 Å². The van der Waals surface area contributed by atoms with Gasteiger partial charge in [0, 0.05) is 18.0 Å². The maximum atomic E-state index is 12.6. The van der Waals surface area contributed by atoms with Crippen LogP contribution in [0, 0.1) is 5.41 Å². The Morgan fingerprint density at radius 1 is 1.26 bits per heavy atom. The molecule has 1 aliphatic carbocycles. The summed E-state index contributed by atoms with van der Waals surface area (Å²) in [6.07, 6.45) is 4.28. The number of nitrogens with one attached hydrogen (secondary N) is 1. The second-order valence-corrected chi connectivity index (χ2v) is 7.64. The fourth-order valence-electron chi connectivity index (χ4n) is 3.31. The van der Waals surface area contributed by atoms with E-state index in [-0.39, 0.29) is 11.2 Å². The molecule has 1 aromatic carbocycles. The van der Waals surface area contributed by atoms with E-state index in [1.807, 2.05) is 0 Å². The number of hydrogen-bond acceptors (Lipinski definition) is 4. The molecule has 1 spiro atoms. The lowest BCUT2D eigenvalue weighted by atomic mass is 9.88. The van der Waals surface area contributed by atoms with Crippen molar-refractivity contribution in [2.45, 2.75) is 30.6 Å². The smallest absolute Gasteiger partial charge is 0.181 e. The van der Waals surface area contributed by atoms with Crippen molar-refractivity contribution in [1.29, 1.82) is 0 Å². The number of fused-ring (bicyclic) bond motifs is 1. The Morgan fingerprint density at radius 2 is 2.00 bits per heavy atom. The first-order valence-corrected chi connectivity index (χ1v) is 8.35. The summed E-state index contributed by atoms with van der Waals surface area (Å²) in [6.45, 7) is 0.742. The first kappa shape index (κ1) is 12.8. The average Bonchev–Trinajstić information content (AvgIpc) is 2.79. The van der Waals surface area contributed by atoms with E-state index in [0.717, 1.165) is 32.2 Å². The zero-order valence-corrected chi connectivity index (χ0v) is 11.9. The van der Waals surface area contributed by atoms with Crippen molar-refractivity contribution in [2.24, 2.45) is 5.41 Å². The van der Waals surface area contributed by atoms with Gasteiger partial charge in [0.25, 0.3) is 0 Å². The van der Waals surface area contributed by atoms with Crippen molar-refractivity contribution < 1.29 is 13.2 Å². The molecule has 0 radical (unpaired) electrons. The summed E-state index contributed by atoms with van der Waals surface area (Å²) in [6, 6.07) is 5.15. The Bertz CT molecular complexity index is 589. The Kier molecular flexibility index (Phi) is 2.96. The molecule has 1 N–H and O–H groups in total. The minimum Gasteiger partial charge on any atom is -0.497 e. The van der Waals surface area contributed by atoms with Crippen molar-refractivity contribution in [3.05, 3.63) is 18.2 Å². The maximum Gasteiger partial charge on any atom is 0.181 e. The van der Waals surface area contributed by atoms with Crippen LogP contribution in [0.2, 0.25) is 0 Å². The third-order valence-electron chi connectivity index (χ3n) is 4.34.